The van der Waals surface area contributed by atoms with Gasteiger partial charge in [0.25, 0.3) is 0 Å². The molecular formula is C10H12N2O. The molecule has 1 heterocycles. The molecule has 0 saturated carbocycles. The monoisotopic (exact) mass is 176 g/mol. The van der Waals surface area contributed by atoms with Crippen LogP contribution in [0.25, 0.3) is 11.1 Å². The van der Waals surface area contributed by atoms with Gasteiger partial charge in [-0.3, -0.25) is 0 Å². The van der Waals surface area contributed by atoms with Gasteiger partial charge in [-0.25, -0.2) is 4.98 Å². The second kappa shape index (κ2) is 3.18. The van der Waals surface area contributed by atoms with Gasteiger partial charge in [0.15, 0.2) is 12.0 Å². The van der Waals surface area contributed by atoms with Crippen LogP contribution in [0.1, 0.15) is 18.4 Å². The lowest BCUT2D eigenvalue weighted by Gasteiger charge is -2.07. The quantitative estimate of drug-likeness (QED) is 0.760. The minimum atomic E-state index is 0.370. The molecule has 0 aliphatic carbocycles. The number of hydrogen-bond acceptors (Lipinski definition) is 3. The molecular weight excluding hydrogens is 164 g/mol. The highest BCUT2D eigenvalue weighted by atomic mass is 16.3. The smallest absolute Gasteiger partial charge is 0.181 e. The van der Waals surface area contributed by atoms with E-state index in [0.29, 0.717) is 12.5 Å². The van der Waals surface area contributed by atoms with Crippen LogP contribution in [0.4, 0.5) is 0 Å². The lowest BCUT2D eigenvalue weighted by Crippen LogP contribution is -2.08. The van der Waals surface area contributed by atoms with Crippen LogP contribution >= 0.6 is 0 Å². The molecule has 1 unspecified atom stereocenters. The lowest BCUT2D eigenvalue weighted by molar-refractivity contribution is 0.601. The molecule has 0 aliphatic heterocycles. The number of benzene rings is 1. The normalized spacial score (nSPS) is 13.4. The predicted octanol–water partition coefficient (Wildman–Crippen LogP) is 1.89. The standard InChI is InChI=1S/C10H12N2O/c1-7(5-11)8-2-3-9-10(4-8)13-6-12-9/h2-4,6-7H,5,11H2,1H3. The molecule has 13 heavy (non-hydrogen) atoms. The van der Waals surface area contributed by atoms with E-state index in [1.165, 1.54) is 12.0 Å². The Morgan fingerprint density at radius 3 is 3.15 bits per heavy atom. The molecule has 3 nitrogen and oxygen atoms in total. The zero-order valence-electron chi connectivity index (χ0n) is 7.53. The summed E-state index contributed by atoms with van der Waals surface area (Å²) >= 11 is 0. The highest BCUT2D eigenvalue weighted by molar-refractivity contribution is 5.72. The molecule has 0 saturated heterocycles. The summed E-state index contributed by atoms with van der Waals surface area (Å²) in [4.78, 5) is 4.05. The van der Waals surface area contributed by atoms with E-state index < -0.39 is 0 Å². The fourth-order valence-corrected chi connectivity index (χ4v) is 1.31. The summed E-state index contributed by atoms with van der Waals surface area (Å²) in [5, 5.41) is 0. The summed E-state index contributed by atoms with van der Waals surface area (Å²) in [6.45, 7) is 2.75. The Labute approximate surface area is 76.6 Å². The van der Waals surface area contributed by atoms with Gasteiger partial charge in [0, 0.05) is 0 Å². The first kappa shape index (κ1) is 8.26. The minimum absolute atomic E-state index is 0.370. The van der Waals surface area contributed by atoms with E-state index in [0.717, 1.165) is 11.1 Å². The average Bonchev–Trinajstić information content (AvgIpc) is 2.63. The molecule has 1 aromatic heterocycles. The van der Waals surface area contributed by atoms with Crippen LogP contribution in [-0.2, 0) is 0 Å². The van der Waals surface area contributed by atoms with Crippen molar-refractivity contribution in [2.75, 3.05) is 6.54 Å². The van der Waals surface area contributed by atoms with Crippen molar-refractivity contribution in [3.05, 3.63) is 30.2 Å². The fourth-order valence-electron chi connectivity index (χ4n) is 1.31. The van der Waals surface area contributed by atoms with E-state index in [-0.39, 0.29) is 0 Å². The average molecular weight is 176 g/mol. The SMILES string of the molecule is CC(CN)c1ccc2ncoc2c1. The molecule has 1 aromatic carbocycles. The largest absolute Gasteiger partial charge is 0.443 e. The first-order valence-corrected chi connectivity index (χ1v) is 4.34. The maximum absolute atomic E-state index is 5.58. The molecule has 2 N–H and O–H groups in total. The number of oxazole rings is 1. The molecule has 0 spiro atoms. The second-order valence-corrected chi connectivity index (χ2v) is 3.22. The predicted molar refractivity (Wildman–Crippen MR) is 51.5 cm³/mol. The van der Waals surface area contributed by atoms with Gasteiger partial charge in [0.1, 0.15) is 5.52 Å². The first-order valence-electron chi connectivity index (χ1n) is 4.34. The topological polar surface area (TPSA) is 52.0 Å². The van der Waals surface area contributed by atoms with Crippen LogP contribution in [-0.4, -0.2) is 11.5 Å². The summed E-state index contributed by atoms with van der Waals surface area (Å²) in [5.41, 5.74) is 8.51. The van der Waals surface area contributed by atoms with Crippen LogP contribution in [0.15, 0.2) is 29.0 Å². The van der Waals surface area contributed by atoms with E-state index in [2.05, 4.69) is 11.9 Å². The molecule has 0 fully saturated rings. The van der Waals surface area contributed by atoms with Gasteiger partial charge in [0.05, 0.1) is 0 Å². The Morgan fingerprint density at radius 1 is 1.54 bits per heavy atom. The number of nitrogens with two attached hydrogens (primary N) is 1. The van der Waals surface area contributed by atoms with Gasteiger partial charge in [-0.2, -0.15) is 0 Å². The molecule has 68 valence electrons. The van der Waals surface area contributed by atoms with E-state index >= 15 is 0 Å². The summed E-state index contributed by atoms with van der Waals surface area (Å²) in [5.74, 6) is 0.370. The van der Waals surface area contributed by atoms with Crippen molar-refractivity contribution in [3.8, 4) is 0 Å². The number of hydrogen-bond donors (Lipinski definition) is 1. The lowest BCUT2D eigenvalue weighted by atomic mass is 10.0. The number of fused-ring (bicyclic) bond motifs is 1. The third-order valence-electron chi connectivity index (χ3n) is 2.28. The van der Waals surface area contributed by atoms with Crippen molar-refractivity contribution in [1.82, 2.24) is 4.98 Å². The van der Waals surface area contributed by atoms with Crippen LogP contribution in [0.3, 0.4) is 0 Å². The van der Waals surface area contributed by atoms with Crippen LogP contribution in [0.5, 0.6) is 0 Å². The Balaban J connectivity index is 2.48. The van der Waals surface area contributed by atoms with Crippen molar-refractivity contribution < 1.29 is 4.42 Å². The van der Waals surface area contributed by atoms with Crippen molar-refractivity contribution in [1.29, 1.82) is 0 Å². The third-order valence-corrected chi connectivity index (χ3v) is 2.28. The summed E-state index contributed by atoms with van der Waals surface area (Å²) in [6.07, 6.45) is 1.46. The van der Waals surface area contributed by atoms with Gasteiger partial charge in [-0.15, -0.1) is 0 Å². The Kier molecular flexibility index (Phi) is 2.02. The van der Waals surface area contributed by atoms with Gasteiger partial charge in [-0.1, -0.05) is 13.0 Å². The van der Waals surface area contributed by atoms with E-state index in [9.17, 15) is 0 Å². The Bertz CT molecular complexity index is 408. The van der Waals surface area contributed by atoms with Gasteiger partial charge in [-0.05, 0) is 30.2 Å². The summed E-state index contributed by atoms with van der Waals surface area (Å²) in [6, 6.07) is 6.00. The van der Waals surface area contributed by atoms with Crippen LogP contribution < -0.4 is 5.73 Å². The van der Waals surface area contributed by atoms with Crippen molar-refractivity contribution >= 4 is 11.1 Å². The third kappa shape index (κ3) is 1.42. The zero-order chi connectivity index (χ0) is 9.26. The molecule has 0 bridgehead atoms. The molecule has 0 amide bonds. The van der Waals surface area contributed by atoms with E-state index in [1.807, 2.05) is 18.2 Å². The van der Waals surface area contributed by atoms with E-state index in [4.69, 9.17) is 10.2 Å². The molecule has 3 heteroatoms. The molecule has 0 radical (unpaired) electrons. The van der Waals surface area contributed by atoms with Crippen molar-refractivity contribution in [2.45, 2.75) is 12.8 Å². The Morgan fingerprint density at radius 2 is 2.38 bits per heavy atom. The highest BCUT2D eigenvalue weighted by Gasteiger charge is 2.05. The number of nitrogens with zero attached hydrogens (tertiary/aromatic N) is 1. The summed E-state index contributed by atoms with van der Waals surface area (Å²) < 4.78 is 5.20. The number of rotatable bonds is 2. The zero-order valence-corrected chi connectivity index (χ0v) is 7.53. The number of aromatic nitrogens is 1. The molecule has 2 rings (SSSR count). The molecule has 0 aliphatic rings. The maximum Gasteiger partial charge on any atom is 0.181 e. The Hall–Kier alpha value is -1.35. The minimum Gasteiger partial charge on any atom is -0.443 e. The van der Waals surface area contributed by atoms with E-state index in [1.54, 1.807) is 0 Å². The van der Waals surface area contributed by atoms with Gasteiger partial charge < -0.3 is 10.2 Å². The van der Waals surface area contributed by atoms with Gasteiger partial charge in [0.2, 0.25) is 0 Å². The maximum atomic E-state index is 5.58. The fraction of sp³-hybridized carbons (Fsp3) is 0.300. The highest BCUT2D eigenvalue weighted by Crippen LogP contribution is 2.19. The molecule has 2 aromatic rings. The van der Waals surface area contributed by atoms with Crippen LogP contribution in [0.2, 0.25) is 0 Å². The second-order valence-electron chi connectivity index (χ2n) is 3.22. The van der Waals surface area contributed by atoms with Gasteiger partial charge >= 0.3 is 0 Å². The van der Waals surface area contributed by atoms with Crippen molar-refractivity contribution in [3.63, 3.8) is 0 Å². The first-order chi connectivity index (χ1) is 6.31. The summed E-state index contributed by atoms with van der Waals surface area (Å²) in [7, 11) is 0. The van der Waals surface area contributed by atoms with Crippen molar-refractivity contribution in [2.24, 2.45) is 5.73 Å². The molecule has 1 atom stereocenters. The van der Waals surface area contributed by atoms with Crippen LogP contribution in [0, 0.1) is 0 Å².